The van der Waals surface area contributed by atoms with E-state index in [0.29, 0.717) is 12.1 Å². The smallest absolute Gasteiger partial charge is 0.383 e. The van der Waals surface area contributed by atoms with Gasteiger partial charge in [0.05, 0.1) is 11.1 Å². The molecule has 35 heavy (non-hydrogen) atoms. The van der Waals surface area contributed by atoms with Crippen molar-refractivity contribution in [3.8, 4) is 0 Å². The SMILES string of the molecule is C=C(CN1CCC(CNC(=O)c2cc(C(F)(F)F)cc(C(F)(F)F)c2)CC1)NC1(C)CCCCC1. The molecular formula is C25H33F6N3O. The molecule has 0 aromatic heterocycles. The third-order valence-electron chi connectivity index (χ3n) is 6.96. The van der Waals surface area contributed by atoms with Crippen molar-refractivity contribution in [3.05, 3.63) is 47.2 Å². The number of benzene rings is 1. The van der Waals surface area contributed by atoms with Crippen LogP contribution in [-0.2, 0) is 12.4 Å². The van der Waals surface area contributed by atoms with E-state index in [4.69, 9.17) is 0 Å². The highest BCUT2D eigenvalue weighted by atomic mass is 19.4. The first kappa shape index (κ1) is 27.4. The second-order valence-electron chi connectivity index (χ2n) is 10.1. The van der Waals surface area contributed by atoms with Crippen LogP contribution in [0.3, 0.4) is 0 Å². The van der Waals surface area contributed by atoms with Gasteiger partial charge in [-0.15, -0.1) is 0 Å². The number of piperidine rings is 1. The van der Waals surface area contributed by atoms with Crippen molar-refractivity contribution >= 4 is 5.91 Å². The number of nitrogens with one attached hydrogen (secondary N) is 2. The standard InChI is InChI=1S/C25H33F6N3O/c1-17(33-23(2)8-4-3-5-9-23)16-34-10-6-18(7-11-34)15-32-22(35)19-12-20(24(26,27)28)14-21(13-19)25(29,30)31/h12-14,18,33H,1,3-11,15-16H2,2H3,(H,32,35). The predicted molar refractivity (Wildman–Crippen MR) is 122 cm³/mol. The Labute approximate surface area is 202 Å². The molecule has 2 N–H and O–H groups in total. The van der Waals surface area contributed by atoms with E-state index in [2.05, 4.69) is 29.0 Å². The van der Waals surface area contributed by atoms with Gasteiger partial charge in [0.2, 0.25) is 0 Å². The minimum Gasteiger partial charge on any atom is -0.383 e. The first-order valence-electron chi connectivity index (χ1n) is 12.0. The molecular weight excluding hydrogens is 472 g/mol. The molecule has 1 saturated carbocycles. The van der Waals surface area contributed by atoms with Gasteiger partial charge >= 0.3 is 12.4 Å². The molecule has 0 atom stereocenters. The lowest BCUT2D eigenvalue weighted by molar-refractivity contribution is -0.143. The highest BCUT2D eigenvalue weighted by Crippen LogP contribution is 2.36. The van der Waals surface area contributed by atoms with Crippen molar-refractivity contribution in [1.29, 1.82) is 0 Å². The van der Waals surface area contributed by atoms with E-state index in [1.807, 2.05) is 0 Å². The molecule has 196 valence electrons. The summed E-state index contributed by atoms with van der Waals surface area (Å²) < 4.78 is 78.2. The number of alkyl halides is 6. The van der Waals surface area contributed by atoms with Gasteiger partial charge in [-0.05, 0) is 69.8 Å². The second kappa shape index (κ2) is 10.8. The van der Waals surface area contributed by atoms with E-state index in [0.717, 1.165) is 51.0 Å². The van der Waals surface area contributed by atoms with Gasteiger partial charge in [-0.3, -0.25) is 9.69 Å². The zero-order chi connectivity index (χ0) is 25.9. The largest absolute Gasteiger partial charge is 0.416 e. The van der Waals surface area contributed by atoms with Crippen LogP contribution in [0.15, 0.2) is 30.5 Å². The summed E-state index contributed by atoms with van der Waals surface area (Å²) >= 11 is 0. The summed E-state index contributed by atoms with van der Waals surface area (Å²) in [4.78, 5) is 14.7. The lowest BCUT2D eigenvalue weighted by Crippen LogP contribution is -2.46. The highest BCUT2D eigenvalue weighted by molar-refractivity contribution is 5.94. The Bertz CT molecular complexity index is 865. The molecule has 1 heterocycles. The Morgan fingerprint density at radius 1 is 1.00 bits per heavy atom. The number of hydrogen-bond donors (Lipinski definition) is 2. The molecule has 2 aliphatic rings. The zero-order valence-corrected chi connectivity index (χ0v) is 19.9. The molecule has 0 spiro atoms. The number of likely N-dealkylation sites (tertiary alicyclic amines) is 1. The number of hydrogen-bond acceptors (Lipinski definition) is 3. The molecule has 1 amide bonds. The van der Waals surface area contributed by atoms with Gasteiger partial charge in [-0.25, -0.2) is 0 Å². The second-order valence-corrected chi connectivity index (χ2v) is 10.1. The van der Waals surface area contributed by atoms with Crippen LogP contribution >= 0.6 is 0 Å². The van der Waals surface area contributed by atoms with Crippen molar-refractivity contribution in [1.82, 2.24) is 15.5 Å². The van der Waals surface area contributed by atoms with E-state index in [1.165, 1.54) is 19.3 Å². The molecule has 4 nitrogen and oxygen atoms in total. The summed E-state index contributed by atoms with van der Waals surface area (Å²) in [6.07, 6.45) is -2.49. The fourth-order valence-corrected chi connectivity index (χ4v) is 4.97. The maximum absolute atomic E-state index is 13.0. The first-order valence-corrected chi connectivity index (χ1v) is 12.0. The molecule has 10 heteroatoms. The molecule has 0 unspecified atom stereocenters. The molecule has 1 saturated heterocycles. The molecule has 1 aliphatic carbocycles. The van der Waals surface area contributed by atoms with Crippen LogP contribution in [0.1, 0.15) is 73.4 Å². The van der Waals surface area contributed by atoms with E-state index in [1.54, 1.807) is 0 Å². The molecule has 1 aromatic carbocycles. The zero-order valence-electron chi connectivity index (χ0n) is 19.9. The third-order valence-corrected chi connectivity index (χ3v) is 6.96. The van der Waals surface area contributed by atoms with Crippen molar-refractivity contribution in [2.45, 2.75) is 69.8 Å². The Hall–Kier alpha value is -2.23. The van der Waals surface area contributed by atoms with Crippen molar-refractivity contribution < 1.29 is 31.1 Å². The summed E-state index contributed by atoms with van der Waals surface area (Å²) in [5.74, 6) is -0.845. The van der Waals surface area contributed by atoms with E-state index in [9.17, 15) is 31.1 Å². The number of amides is 1. The molecule has 2 fully saturated rings. The van der Waals surface area contributed by atoms with E-state index in [-0.39, 0.29) is 24.1 Å². The number of carbonyl (C=O) groups is 1. The van der Waals surface area contributed by atoms with Crippen molar-refractivity contribution in [2.75, 3.05) is 26.2 Å². The normalized spacial score (nSPS) is 19.9. The molecule has 1 aliphatic heterocycles. The molecule has 0 bridgehead atoms. The first-order chi connectivity index (χ1) is 16.2. The average molecular weight is 506 g/mol. The third kappa shape index (κ3) is 7.88. The van der Waals surface area contributed by atoms with Crippen LogP contribution in [-0.4, -0.2) is 42.5 Å². The minimum absolute atomic E-state index is 0.0177. The Morgan fingerprint density at radius 3 is 2.06 bits per heavy atom. The summed E-state index contributed by atoms with van der Waals surface area (Å²) in [7, 11) is 0. The van der Waals surface area contributed by atoms with Crippen LogP contribution in [0.5, 0.6) is 0 Å². The summed E-state index contributed by atoms with van der Waals surface area (Å²) in [5.41, 5.74) is -2.58. The summed E-state index contributed by atoms with van der Waals surface area (Å²) in [5, 5.41) is 6.11. The topological polar surface area (TPSA) is 44.4 Å². The number of rotatable bonds is 7. The van der Waals surface area contributed by atoms with Crippen LogP contribution in [0.4, 0.5) is 26.3 Å². The van der Waals surface area contributed by atoms with Crippen molar-refractivity contribution in [2.24, 2.45) is 5.92 Å². The van der Waals surface area contributed by atoms with Gasteiger partial charge in [0.1, 0.15) is 0 Å². The van der Waals surface area contributed by atoms with Crippen LogP contribution < -0.4 is 10.6 Å². The minimum atomic E-state index is -4.99. The van der Waals surface area contributed by atoms with Crippen LogP contribution in [0.2, 0.25) is 0 Å². The Kier molecular flexibility index (Phi) is 8.44. The molecule has 3 rings (SSSR count). The molecule has 1 aromatic rings. The summed E-state index contributed by atoms with van der Waals surface area (Å²) in [6.45, 7) is 8.88. The Balaban J connectivity index is 1.49. The lowest BCUT2D eigenvalue weighted by atomic mass is 9.83. The van der Waals surface area contributed by atoms with Gasteiger partial charge in [-0.2, -0.15) is 26.3 Å². The number of halogens is 6. The maximum Gasteiger partial charge on any atom is 0.416 e. The van der Waals surface area contributed by atoms with Gasteiger partial charge in [0.25, 0.3) is 5.91 Å². The fraction of sp³-hybridized carbons (Fsp3) is 0.640. The molecule has 0 radical (unpaired) electrons. The summed E-state index contributed by atoms with van der Waals surface area (Å²) in [6, 6.07) is 0.932. The monoisotopic (exact) mass is 505 g/mol. The van der Waals surface area contributed by atoms with Gasteiger partial charge in [-0.1, -0.05) is 25.8 Å². The van der Waals surface area contributed by atoms with Gasteiger partial charge in [0, 0.05) is 29.9 Å². The van der Waals surface area contributed by atoms with Crippen LogP contribution in [0, 0.1) is 5.92 Å². The van der Waals surface area contributed by atoms with Crippen LogP contribution in [0.25, 0.3) is 0 Å². The van der Waals surface area contributed by atoms with E-state index >= 15 is 0 Å². The van der Waals surface area contributed by atoms with Gasteiger partial charge < -0.3 is 10.6 Å². The Morgan fingerprint density at radius 2 is 1.54 bits per heavy atom. The quantitative estimate of drug-likeness (QED) is 0.448. The lowest BCUT2D eigenvalue weighted by Gasteiger charge is -2.38. The fourth-order valence-electron chi connectivity index (χ4n) is 4.97. The van der Waals surface area contributed by atoms with E-state index < -0.39 is 35.0 Å². The van der Waals surface area contributed by atoms with Crippen molar-refractivity contribution in [3.63, 3.8) is 0 Å². The average Bonchev–Trinajstić information content (AvgIpc) is 2.77. The highest BCUT2D eigenvalue weighted by Gasteiger charge is 2.37. The van der Waals surface area contributed by atoms with Gasteiger partial charge in [0.15, 0.2) is 0 Å². The predicted octanol–water partition coefficient (Wildman–Crippen LogP) is 5.99. The number of carbonyl (C=O) groups excluding carboxylic acids is 1. The number of nitrogens with zero attached hydrogens (tertiary/aromatic N) is 1. The maximum atomic E-state index is 13.0.